The molecule has 4 nitrogen and oxygen atoms in total. The van der Waals surface area contributed by atoms with Gasteiger partial charge in [0.05, 0.1) is 5.25 Å². The van der Waals surface area contributed by atoms with Crippen LogP contribution in [0.2, 0.25) is 5.02 Å². The second-order valence-electron chi connectivity index (χ2n) is 5.55. The third kappa shape index (κ3) is 1.93. The van der Waals surface area contributed by atoms with E-state index in [2.05, 4.69) is 5.32 Å². The highest BCUT2D eigenvalue weighted by atomic mass is 35.5. The lowest BCUT2D eigenvalue weighted by molar-refractivity contribution is -0.122. The summed E-state index contributed by atoms with van der Waals surface area (Å²) in [4.78, 5) is 26.2. The summed E-state index contributed by atoms with van der Waals surface area (Å²) in [6.45, 7) is 1.83. The van der Waals surface area contributed by atoms with Gasteiger partial charge in [0, 0.05) is 22.0 Å². The average molecular weight is 345 g/mol. The van der Waals surface area contributed by atoms with E-state index in [0.717, 1.165) is 11.3 Å². The average Bonchev–Trinajstić information content (AvgIpc) is 2.97. The number of halogens is 1. The Labute approximate surface area is 142 Å². The number of rotatable bonds is 1. The van der Waals surface area contributed by atoms with Gasteiger partial charge in [0.15, 0.2) is 0 Å². The van der Waals surface area contributed by atoms with Crippen LogP contribution in [0.1, 0.15) is 12.5 Å². The number of hydrogen-bond donors (Lipinski definition) is 1. The third-order valence-electron chi connectivity index (χ3n) is 4.16. The lowest BCUT2D eigenvalue weighted by Crippen LogP contribution is -2.47. The number of amides is 2. The van der Waals surface area contributed by atoms with Crippen LogP contribution in [0.25, 0.3) is 0 Å². The predicted octanol–water partition coefficient (Wildman–Crippen LogP) is 3.61. The zero-order chi connectivity index (χ0) is 16.2. The van der Waals surface area contributed by atoms with Crippen molar-refractivity contribution in [3.8, 4) is 0 Å². The quantitative estimate of drug-likeness (QED) is 0.859. The molecule has 4 rings (SSSR count). The molecule has 2 atom stereocenters. The number of benzene rings is 2. The van der Waals surface area contributed by atoms with Gasteiger partial charge in [-0.25, -0.2) is 0 Å². The second-order valence-corrected chi connectivity index (χ2v) is 7.52. The first-order valence-corrected chi connectivity index (χ1v) is 8.48. The molecule has 0 bridgehead atoms. The van der Waals surface area contributed by atoms with Crippen LogP contribution in [0.3, 0.4) is 0 Å². The molecule has 0 saturated carbocycles. The molecule has 116 valence electrons. The number of carbonyl (C=O) groups excluding carboxylic acids is 2. The summed E-state index contributed by atoms with van der Waals surface area (Å²) < 4.78 is 0. The van der Waals surface area contributed by atoms with Gasteiger partial charge in [0.1, 0.15) is 0 Å². The Bertz CT molecular complexity index is 824. The number of thioether (sulfide) groups is 1. The lowest BCUT2D eigenvalue weighted by atomic mass is 10.0. The minimum Gasteiger partial charge on any atom is -0.323 e. The lowest BCUT2D eigenvalue weighted by Gasteiger charge is -2.32. The van der Waals surface area contributed by atoms with Gasteiger partial charge in [-0.05, 0) is 37.3 Å². The van der Waals surface area contributed by atoms with Crippen molar-refractivity contribution in [2.75, 3.05) is 10.2 Å². The maximum absolute atomic E-state index is 12.8. The summed E-state index contributed by atoms with van der Waals surface area (Å²) in [6, 6.07) is 14.5. The topological polar surface area (TPSA) is 49.4 Å². The minimum atomic E-state index is -1.05. The smallest absolute Gasteiger partial charge is 0.266 e. The number of nitrogens with zero attached hydrogens (tertiary/aromatic N) is 1. The van der Waals surface area contributed by atoms with Crippen molar-refractivity contribution in [2.24, 2.45) is 0 Å². The standard InChI is InChI=1S/C17H13ClN2O2S/c1-10-15(21)20(12-8-6-11(18)7-9-12)17(23-10)13-4-2-3-5-14(13)19-16(17)22/h2-10H,1H3,(H,19,22)/t10-,17+/m1/s1. The second kappa shape index (κ2) is 5.01. The van der Waals surface area contributed by atoms with Gasteiger partial charge in [-0.1, -0.05) is 29.8 Å². The first-order valence-electron chi connectivity index (χ1n) is 7.22. The van der Waals surface area contributed by atoms with E-state index in [1.165, 1.54) is 11.8 Å². The van der Waals surface area contributed by atoms with Crippen molar-refractivity contribution >= 4 is 46.6 Å². The molecule has 0 aromatic heterocycles. The Kier molecular flexibility index (Phi) is 3.18. The molecule has 1 saturated heterocycles. The van der Waals surface area contributed by atoms with E-state index in [9.17, 15) is 9.59 Å². The van der Waals surface area contributed by atoms with Crippen LogP contribution in [0.4, 0.5) is 11.4 Å². The first kappa shape index (κ1) is 14.6. The van der Waals surface area contributed by atoms with E-state index in [1.54, 1.807) is 29.2 Å². The molecule has 1 spiro atoms. The molecule has 1 fully saturated rings. The predicted molar refractivity (Wildman–Crippen MR) is 92.7 cm³/mol. The van der Waals surface area contributed by atoms with Gasteiger partial charge in [-0.2, -0.15) is 0 Å². The fraction of sp³-hybridized carbons (Fsp3) is 0.176. The van der Waals surface area contributed by atoms with Gasteiger partial charge < -0.3 is 5.32 Å². The largest absolute Gasteiger partial charge is 0.323 e. The van der Waals surface area contributed by atoms with Crippen molar-refractivity contribution in [1.29, 1.82) is 0 Å². The summed E-state index contributed by atoms with van der Waals surface area (Å²) in [6.07, 6.45) is 0. The van der Waals surface area contributed by atoms with Crippen LogP contribution in [-0.4, -0.2) is 17.1 Å². The zero-order valence-corrected chi connectivity index (χ0v) is 13.8. The Morgan fingerprint density at radius 2 is 1.83 bits per heavy atom. The van der Waals surface area contributed by atoms with Gasteiger partial charge in [0.2, 0.25) is 10.8 Å². The molecule has 2 aliphatic heterocycles. The number of carbonyl (C=O) groups is 2. The highest BCUT2D eigenvalue weighted by Gasteiger charge is 2.60. The van der Waals surface area contributed by atoms with Crippen LogP contribution in [0, 0.1) is 0 Å². The molecule has 2 amide bonds. The third-order valence-corrected chi connectivity index (χ3v) is 5.90. The van der Waals surface area contributed by atoms with Crippen LogP contribution in [0.5, 0.6) is 0 Å². The Balaban J connectivity index is 1.94. The molecule has 23 heavy (non-hydrogen) atoms. The van der Waals surface area contributed by atoms with E-state index in [0.29, 0.717) is 10.7 Å². The number of hydrogen-bond acceptors (Lipinski definition) is 3. The summed E-state index contributed by atoms with van der Waals surface area (Å²) in [5.41, 5.74) is 2.25. The molecule has 0 unspecified atom stereocenters. The fourth-order valence-electron chi connectivity index (χ4n) is 3.15. The monoisotopic (exact) mass is 344 g/mol. The molecule has 6 heteroatoms. The summed E-state index contributed by atoms with van der Waals surface area (Å²) in [7, 11) is 0. The zero-order valence-electron chi connectivity index (χ0n) is 12.2. The van der Waals surface area contributed by atoms with Crippen molar-refractivity contribution in [3.05, 3.63) is 59.1 Å². The number of anilines is 2. The molecular weight excluding hydrogens is 332 g/mol. The molecule has 2 aromatic carbocycles. The van der Waals surface area contributed by atoms with Crippen LogP contribution >= 0.6 is 23.4 Å². The summed E-state index contributed by atoms with van der Waals surface area (Å²) in [5.74, 6) is -0.263. The van der Waals surface area contributed by atoms with E-state index >= 15 is 0 Å². The highest BCUT2D eigenvalue weighted by Crippen LogP contribution is 2.55. The molecule has 0 aliphatic carbocycles. The first-order chi connectivity index (χ1) is 11.0. The van der Waals surface area contributed by atoms with Crippen molar-refractivity contribution in [1.82, 2.24) is 0 Å². The van der Waals surface area contributed by atoms with Gasteiger partial charge >= 0.3 is 0 Å². The van der Waals surface area contributed by atoms with E-state index in [1.807, 2.05) is 31.2 Å². The number of nitrogens with one attached hydrogen (secondary N) is 1. The van der Waals surface area contributed by atoms with Crippen molar-refractivity contribution in [3.63, 3.8) is 0 Å². The van der Waals surface area contributed by atoms with Gasteiger partial charge in [0.25, 0.3) is 5.91 Å². The Morgan fingerprint density at radius 3 is 2.57 bits per heavy atom. The summed E-state index contributed by atoms with van der Waals surface area (Å²) >= 11 is 7.33. The molecular formula is C17H13ClN2O2S. The fourth-order valence-corrected chi connectivity index (χ4v) is 4.76. The van der Waals surface area contributed by atoms with Crippen LogP contribution in [0.15, 0.2) is 48.5 Å². The Morgan fingerprint density at radius 1 is 1.13 bits per heavy atom. The van der Waals surface area contributed by atoms with Gasteiger partial charge in [-0.15, -0.1) is 11.8 Å². The molecule has 2 aliphatic rings. The minimum absolute atomic E-state index is 0.0795. The van der Waals surface area contributed by atoms with Crippen LogP contribution in [-0.2, 0) is 14.5 Å². The Hall–Kier alpha value is -1.98. The van der Waals surface area contributed by atoms with E-state index < -0.39 is 4.87 Å². The number of fused-ring (bicyclic) bond motifs is 2. The molecule has 2 aromatic rings. The highest BCUT2D eigenvalue weighted by molar-refractivity contribution is 8.03. The van der Waals surface area contributed by atoms with E-state index in [4.69, 9.17) is 11.6 Å². The summed E-state index contributed by atoms with van der Waals surface area (Å²) in [5, 5.41) is 3.19. The van der Waals surface area contributed by atoms with Crippen molar-refractivity contribution < 1.29 is 9.59 Å². The normalized spacial score (nSPS) is 25.8. The SMILES string of the molecule is C[C@H]1S[C@@]2(C(=O)Nc3ccccc32)N(c2ccc(Cl)cc2)C1=O. The number of para-hydroxylation sites is 1. The van der Waals surface area contributed by atoms with E-state index in [-0.39, 0.29) is 17.1 Å². The molecule has 2 heterocycles. The maximum atomic E-state index is 12.8. The van der Waals surface area contributed by atoms with Crippen LogP contribution < -0.4 is 10.2 Å². The molecule has 1 N–H and O–H groups in total. The molecule has 0 radical (unpaired) electrons. The van der Waals surface area contributed by atoms with Crippen molar-refractivity contribution in [2.45, 2.75) is 17.0 Å². The van der Waals surface area contributed by atoms with Gasteiger partial charge in [-0.3, -0.25) is 14.5 Å². The maximum Gasteiger partial charge on any atom is 0.266 e.